The van der Waals surface area contributed by atoms with Crippen LogP contribution in [-0.2, 0) is 16.0 Å². The highest BCUT2D eigenvalue weighted by atomic mass is 16.5. The minimum absolute atomic E-state index is 0.173. The van der Waals surface area contributed by atoms with Crippen molar-refractivity contribution >= 4 is 5.91 Å². The number of unbranched alkanes of at least 4 members (excludes halogenated alkanes) is 1. The molecular weight excluding hydrogens is 320 g/mol. The van der Waals surface area contributed by atoms with Crippen LogP contribution in [0.25, 0.3) is 0 Å². The minimum Gasteiger partial charge on any atom is -0.390 e. The number of aryl methyl sites for hydroxylation is 1. The maximum Gasteiger partial charge on any atom is 0.222 e. The third-order valence-electron chi connectivity index (χ3n) is 5.50. The minimum atomic E-state index is -0.849. The fourth-order valence-corrected chi connectivity index (χ4v) is 3.86. The van der Waals surface area contributed by atoms with Gasteiger partial charge in [0.1, 0.15) is 6.10 Å². The maximum absolute atomic E-state index is 12.4. The number of pyridine rings is 1. The standard InChI is InChI=1S/C19H28N2O4/c22-16-7-13-25-19(18(16)24)8-11-21(12-9-19)17(23)6-2-1-4-15-5-3-10-20-14-15/h3,5,10,14,16,18,22,24H,1-2,4,6-9,11-13H2/t16-,18-/m0/s1. The summed E-state index contributed by atoms with van der Waals surface area (Å²) in [6.07, 6.45) is 7.07. The molecule has 0 radical (unpaired) electrons. The van der Waals surface area contributed by atoms with Crippen molar-refractivity contribution in [2.24, 2.45) is 0 Å². The van der Waals surface area contributed by atoms with E-state index in [1.54, 1.807) is 6.20 Å². The molecule has 0 bridgehead atoms. The Morgan fingerprint density at radius 2 is 2.12 bits per heavy atom. The Morgan fingerprint density at radius 3 is 2.84 bits per heavy atom. The predicted molar refractivity (Wildman–Crippen MR) is 92.9 cm³/mol. The monoisotopic (exact) mass is 348 g/mol. The molecule has 6 heteroatoms. The number of carbonyl (C=O) groups excluding carboxylic acids is 1. The van der Waals surface area contributed by atoms with Crippen LogP contribution in [0.4, 0.5) is 0 Å². The second kappa shape index (κ2) is 8.25. The summed E-state index contributed by atoms with van der Waals surface area (Å²) in [4.78, 5) is 18.4. The van der Waals surface area contributed by atoms with E-state index < -0.39 is 17.8 Å². The van der Waals surface area contributed by atoms with Crippen molar-refractivity contribution in [3.05, 3.63) is 30.1 Å². The van der Waals surface area contributed by atoms with Gasteiger partial charge in [0.05, 0.1) is 18.3 Å². The lowest BCUT2D eigenvalue weighted by Gasteiger charge is -2.48. The molecule has 2 saturated heterocycles. The van der Waals surface area contributed by atoms with Crippen molar-refractivity contribution in [2.45, 2.75) is 62.8 Å². The van der Waals surface area contributed by atoms with Crippen LogP contribution < -0.4 is 0 Å². The molecule has 2 atom stereocenters. The van der Waals surface area contributed by atoms with Crippen LogP contribution in [0, 0.1) is 0 Å². The first-order chi connectivity index (χ1) is 12.1. The molecule has 6 nitrogen and oxygen atoms in total. The lowest BCUT2D eigenvalue weighted by molar-refractivity contribution is -0.214. The average molecular weight is 348 g/mol. The summed E-state index contributed by atoms with van der Waals surface area (Å²) < 4.78 is 5.81. The Labute approximate surface area is 148 Å². The van der Waals surface area contributed by atoms with Crippen molar-refractivity contribution < 1.29 is 19.7 Å². The van der Waals surface area contributed by atoms with Gasteiger partial charge in [0, 0.05) is 31.9 Å². The number of amides is 1. The number of hydrogen-bond donors (Lipinski definition) is 2. The van der Waals surface area contributed by atoms with E-state index in [2.05, 4.69) is 11.1 Å². The Bertz CT molecular complexity index is 558. The molecule has 3 rings (SSSR count). The number of aliphatic hydroxyl groups is 2. The maximum atomic E-state index is 12.4. The number of aliphatic hydroxyl groups excluding tert-OH is 2. The van der Waals surface area contributed by atoms with Gasteiger partial charge in [0.2, 0.25) is 5.91 Å². The smallest absolute Gasteiger partial charge is 0.222 e. The molecule has 2 N–H and O–H groups in total. The summed E-state index contributed by atoms with van der Waals surface area (Å²) in [6, 6.07) is 3.99. The molecule has 1 aromatic rings. The van der Waals surface area contributed by atoms with E-state index in [0.717, 1.165) is 19.3 Å². The van der Waals surface area contributed by atoms with Gasteiger partial charge in [-0.25, -0.2) is 0 Å². The summed E-state index contributed by atoms with van der Waals surface area (Å²) in [5, 5.41) is 20.2. The van der Waals surface area contributed by atoms with Gasteiger partial charge in [-0.3, -0.25) is 9.78 Å². The van der Waals surface area contributed by atoms with Crippen LogP contribution in [0.5, 0.6) is 0 Å². The van der Waals surface area contributed by atoms with E-state index >= 15 is 0 Å². The lowest BCUT2D eigenvalue weighted by Crippen LogP contribution is -2.60. The Hall–Kier alpha value is -1.50. The Balaban J connectivity index is 1.39. The van der Waals surface area contributed by atoms with Gasteiger partial charge in [-0.2, -0.15) is 0 Å². The van der Waals surface area contributed by atoms with Gasteiger partial charge < -0.3 is 19.8 Å². The summed E-state index contributed by atoms with van der Waals surface area (Å²) in [7, 11) is 0. The molecule has 0 unspecified atom stereocenters. The van der Waals surface area contributed by atoms with Gasteiger partial charge in [0.15, 0.2) is 0 Å². The first-order valence-electron chi connectivity index (χ1n) is 9.27. The molecule has 2 fully saturated rings. The average Bonchev–Trinajstić information content (AvgIpc) is 2.65. The normalized spacial score (nSPS) is 25.9. The van der Waals surface area contributed by atoms with E-state index in [4.69, 9.17) is 4.74 Å². The van der Waals surface area contributed by atoms with Crippen molar-refractivity contribution in [3.8, 4) is 0 Å². The second-order valence-electron chi connectivity index (χ2n) is 7.16. The van der Waals surface area contributed by atoms with E-state index in [1.165, 1.54) is 5.56 Å². The van der Waals surface area contributed by atoms with Crippen molar-refractivity contribution in [2.75, 3.05) is 19.7 Å². The molecule has 2 aliphatic rings. The van der Waals surface area contributed by atoms with Crippen LogP contribution in [0.15, 0.2) is 24.5 Å². The summed E-state index contributed by atoms with van der Waals surface area (Å²) in [5.41, 5.74) is 0.534. The number of nitrogens with zero attached hydrogens (tertiary/aromatic N) is 2. The quantitative estimate of drug-likeness (QED) is 0.784. The Morgan fingerprint density at radius 1 is 1.32 bits per heavy atom. The van der Waals surface area contributed by atoms with Crippen LogP contribution in [0.2, 0.25) is 0 Å². The topological polar surface area (TPSA) is 82.9 Å². The molecular formula is C19H28N2O4. The molecule has 3 heterocycles. The largest absolute Gasteiger partial charge is 0.390 e. The Kier molecular flexibility index (Phi) is 6.04. The highest BCUT2D eigenvalue weighted by Crippen LogP contribution is 2.35. The van der Waals surface area contributed by atoms with Crippen molar-refractivity contribution in [1.82, 2.24) is 9.88 Å². The summed E-state index contributed by atoms with van der Waals surface area (Å²) in [5.74, 6) is 0.173. The second-order valence-corrected chi connectivity index (χ2v) is 7.16. The fourth-order valence-electron chi connectivity index (χ4n) is 3.86. The molecule has 2 aliphatic heterocycles. The van der Waals surface area contributed by atoms with E-state index in [0.29, 0.717) is 45.4 Å². The zero-order valence-electron chi connectivity index (χ0n) is 14.6. The molecule has 138 valence electrons. The van der Waals surface area contributed by atoms with Gasteiger partial charge >= 0.3 is 0 Å². The third-order valence-corrected chi connectivity index (χ3v) is 5.50. The zero-order chi connectivity index (χ0) is 17.7. The van der Waals surface area contributed by atoms with Crippen LogP contribution >= 0.6 is 0 Å². The molecule has 0 saturated carbocycles. The summed E-state index contributed by atoms with van der Waals surface area (Å²) in [6.45, 7) is 1.65. The number of carbonyl (C=O) groups is 1. The number of ether oxygens (including phenoxy) is 1. The van der Waals surface area contributed by atoms with Crippen molar-refractivity contribution in [3.63, 3.8) is 0 Å². The van der Waals surface area contributed by atoms with Gasteiger partial charge in [0.25, 0.3) is 0 Å². The highest BCUT2D eigenvalue weighted by Gasteiger charge is 2.47. The molecule has 25 heavy (non-hydrogen) atoms. The van der Waals surface area contributed by atoms with E-state index in [-0.39, 0.29) is 5.91 Å². The third kappa shape index (κ3) is 4.37. The highest BCUT2D eigenvalue weighted by molar-refractivity contribution is 5.76. The van der Waals surface area contributed by atoms with Gasteiger partial charge in [-0.1, -0.05) is 6.07 Å². The van der Waals surface area contributed by atoms with Gasteiger partial charge in [-0.15, -0.1) is 0 Å². The van der Waals surface area contributed by atoms with Gasteiger partial charge in [-0.05, 0) is 50.2 Å². The first-order valence-corrected chi connectivity index (χ1v) is 9.27. The number of piperidine rings is 1. The number of rotatable bonds is 5. The number of hydrogen-bond acceptors (Lipinski definition) is 5. The molecule has 0 aliphatic carbocycles. The summed E-state index contributed by atoms with van der Waals surface area (Å²) >= 11 is 0. The van der Waals surface area contributed by atoms with Crippen molar-refractivity contribution in [1.29, 1.82) is 0 Å². The molecule has 1 amide bonds. The van der Waals surface area contributed by atoms with E-state index in [1.807, 2.05) is 17.2 Å². The molecule has 0 aromatic carbocycles. The molecule has 1 spiro atoms. The zero-order valence-corrected chi connectivity index (χ0v) is 14.6. The molecule has 1 aromatic heterocycles. The lowest BCUT2D eigenvalue weighted by atomic mass is 9.80. The van der Waals surface area contributed by atoms with Crippen LogP contribution in [0.1, 0.15) is 44.1 Å². The predicted octanol–water partition coefficient (Wildman–Crippen LogP) is 1.30. The van der Waals surface area contributed by atoms with Crippen LogP contribution in [0.3, 0.4) is 0 Å². The number of likely N-dealkylation sites (tertiary alicyclic amines) is 1. The van der Waals surface area contributed by atoms with E-state index in [9.17, 15) is 15.0 Å². The SMILES string of the molecule is O=C(CCCCc1cccnc1)N1CCC2(CC1)OCC[C@H](O)[C@@H]2O. The van der Waals surface area contributed by atoms with Crippen LogP contribution in [-0.4, -0.2) is 63.5 Å². The number of aromatic nitrogens is 1. The fraction of sp³-hybridized carbons (Fsp3) is 0.684. The first kappa shape index (κ1) is 18.3.